The monoisotopic (exact) mass is 706 g/mol. The summed E-state index contributed by atoms with van der Waals surface area (Å²) in [7, 11) is 0. The van der Waals surface area contributed by atoms with Gasteiger partial charge in [0.2, 0.25) is 0 Å². The number of hydrogen-bond acceptors (Lipinski definition) is 5. The first-order chi connectivity index (χ1) is 27.1. The molecule has 6 heteroatoms. The molecule has 0 amide bonds. The first kappa shape index (κ1) is 33.4. The third-order valence-electron chi connectivity index (χ3n) is 9.84. The molecule has 0 saturated carbocycles. The maximum atomic E-state index is 9.25. The first-order valence-corrected chi connectivity index (χ1v) is 18.3. The summed E-state index contributed by atoms with van der Waals surface area (Å²) in [5.41, 5.74) is 12.9. The number of aryl methyl sites for hydroxylation is 1. The number of aromatic nitrogens is 5. The summed E-state index contributed by atoms with van der Waals surface area (Å²) in [6.07, 6.45) is 0.827. The van der Waals surface area contributed by atoms with Gasteiger partial charge in [0.25, 0.3) is 0 Å². The Kier molecular flexibility index (Phi) is 8.79. The van der Waals surface area contributed by atoms with Gasteiger partial charge in [-0.2, -0.15) is 5.26 Å². The smallest absolute Gasteiger partial charge is 0.164 e. The summed E-state index contributed by atoms with van der Waals surface area (Å²) in [5, 5.41) is 9.25. The van der Waals surface area contributed by atoms with Crippen molar-refractivity contribution in [2.24, 2.45) is 0 Å². The summed E-state index contributed by atoms with van der Waals surface area (Å²) in [4.78, 5) is 20.1. The number of para-hydroxylation sites is 2. The maximum absolute atomic E-state index is 9.25. The van der Waals surface area contributed by atoms with Crippen molar-refractivity contribution in [3.8, 4) is 79.3 Å². The number of imidazole rings is 1. The molecule has 0 N–H and O–H groups in total. The minimum atomic E-state index is 0.598. The van der Waals surface area contributed by atoms with Crippen molar-refractivity contribution in [3.05, 3.63) is 187 Å². The zero-order valence-corrected chi connectivity index (χ0v) is 30.1. The molecule has 0 saturated heterocycles. The van der Waals surface area contributed by atoms with Crippen LogP contribution >= 0.6 is 0 Å². The van der Waals surface area contributed by atoms with Crippen LogP contribution in [0.1, 0.15) is 18.3 Å². The lowest BCUT2D eigenvalue weighted by Crippen LogP contribution is -2.01. The van der Waals surface area contributed by atoms with E-state index < -0.39 is 0 Å². The van der Waals surface area contributed by atoms with Gasteiger partial charge >= 0.3 is 0 Å². The second-order valence-electron chi connectivity index (χ2n) is 13.4. The summed E-state index contributed by atoms with van der Waals surface area (Å²) < 4.78 is 2.25. The fourth-order valence-electron chi connectivity index (χ4n) is 7.07. The quantitative estimate of drug-likeness (QED) is 0.157. The Balaban J connectivity index is 1.11. The average Bonchev–Trinajstić information content (AvgIpc) is 3.66. The Morgan fingerprint density at radius 3 is 1.51 bits per heavy atom. The predicted octanol–water partition coefficient (Wildman–Crippen LogP) is 11.6. The van der Waals surface area contributed by atoms with Gasteiger partial charge in [0.1, 0.15) is 5.82 Å². The van der Waals surface area contributed by atoms with Crippen molar-refractivity contribution in [1.82, 2.24) is 24.5 Å². The minimum absolute atomic E-state index is 0.598. The highest BCUT2D eigenvalue weighted by Gasteiger charge is 2.15. The van der Waals surface area contributed by atoms with Crippen molar-refractivity contribution < 1.29 is 0 Å². The molecule has 0 spiro atoms. The third-order valence-corrected chi connectivity index (χ3v) is 9.84. The summed E-state index contributed by atoms with van der Waals surface area (Å²) in [5.74, 6) is 2.84. The van der Waals surface area contributed by atoms with E-state index in [1.54, 1.807) is 0 Å². The van der Waals surface area contributed by atoms with Gasteiger partial charge < -0.3 is 0 Å². The van der Waals surface area contributed by atoms with E-state index in [0.717, 1.165) is 79.0 Å². The van der Waals surface area contributed by atoms with Gasteiger partial charge in [-0.15, -0.1) is 0 Å². The van der Waals surface area contributed by atoms with Gasteiger partial charge in [0.05, 0.1) is 22.7 Å². The molecule has 260 valence electrons. The Morgan fingerprint density at radius 2 is 0.909 bits per heavy atom. The van der Waals surface area contributed by atoms with Crippen molar-refractivity contribution in [2.75, 3.05) is 0 Å². The van der Waals surface area contributed by atoms with Crippen LogP contribution in [-0.2, 0) is 6.42 Å². The molecule has 0 aliphatic carbocycles. The molecular formula is C49H34N6. The molecule has 2 aromatic heterocycles. The molecule has 0 aliphatic heterocycles. The van der Waals surface area contributed by atoms with E-state index in [9.17, 15) is 5.26 Å². The minimum Gasteiger partial charge on any atom is -0.296 e. The number of nitriles is 1. The topological polar surface area (TPSA) is 80.3 Å². The molecule has 9 aromatic rings. The normalized spacial score (nSPS) is 11.1. The Bertz CT molecular complexity index is 2870. The zero-order chi connectivity index (χ0) is 37.1. The molecule has 0 radical (unpaired) electrons. The SMILES string of the molecule is CCc1nc2ccccc2n1-c1cccc(-c2cccc(-c3nc(-c4ccccc4)nc(-c4cccc(-c5cccc(-c6ccc(C#N)cc6)c5)c4)n3)c2)c1. The van der Waals surface area contributed by atoms with Crippen LogP contribution in [0.25, 0.3) is 84.3 Å². The van der Waals surface area contributed by atoms with Crippen molar-refractivity contribution in [1.29, 1.82) is 5.26 Å². The number of fused-ring (bicyclic) bond motifs is 1. The number of rotatable bonds is 8. The molecule has 0 atom stereocenters. The average molecular weight is 707 g/mol. The Hall–Kier alpha value is -7.49. The Labute approximate surface area is 319 Å². The molecule has 0 unspecified atom stereocenters. The molecular weight excluding hydrogens is 673 g/mol. The zero-order valence-electron chi connectivity index (χ0n) is 30.1. The van der Waals surface area contributed by atoms with E-state index in [-0.39, 0.29) is 0 Å². The van der Waals surface area contributed by atoms with Gasteiger partial charge in [0.15, 0.2) is 17.5 Å². The first-order valence-electron chi connectivity index (χ1n) is 18.3. The molecule has 2 heterocycles. The molecule has 55 heavy (non-hydrogen) atoms. The summed E-state index contributed by atoms with van der Waals surface area (Å²) >= 11 is 0. The van der Waals surface area contributed by atoms with Crippen LogP contribution in [0.5, 0.6) is 0 Å². The van der Waals surface area contributed by atoms with Crippen LogP contribution in [0.2, 0.25) is 0 Å². The van der Waals surface area contributed by atoms with Crippen molar-refractivity contribution in [2.45, 2.75) is 13.3 Å². The highest BCUT2D eigenvalue weighted by Crippen LogP contribution is 2.33. The maximum Gasteiger partial charge on any atom is 0.164 e. The number of hydrogen-bond donors (Lipinski definition) is 0. The molecule has 7 aromatic carbocycles. The van der Waals surface area contributed by atoms with Crippen LogP contribution in [0.4, 0.5) is 0 Å². The number of nitrogens with zero attached hydrogens (tertiary/aromatic N) is 6. The molecule has 6 nitrogen and oxygen atoms in total. The van der Waals surface area contributed by atoms with Crippen LogP contribution < -0.4 is 0 Å². The van der Waals surface area contributed by atoms with E-state index >= 15 is 0 Å². The highest BCUT2D eigenvalue weighted by molar-refractivity contribution is 5.80. The van der Waals surface area contributed by atoms with Crippen LogP contribution in [0.3, 0.4) is 0 Å². The largest absolute Gasteiger partial charge is 0.296 e. The van der Waals surface area contributed by atoms with Gasteiger partial charge in [-0.3, -0.25) is 4.57 Å². The molecule has 0 fully saturated rings. The van der Waals surface area contributed by atoms with Crippen molar-refractivity contribution >= 4 is 11.0 Å². The van der Waals surface area contributed by atoms with E-state index in [1.807, 2.05) is 72.8 Å². The lowest BCUT2D eigenvalue weighted by molar-refractivity contribution is 0.908. The van der Waals surface area contributed by atoms with Crippen LogP contribution in [0.15, 0.2) is 176 Å². The van der Waals surface area contributed by atoms with Gasteiger partial charge in [0, 0.05) is 28.8 Å². The fourth-order valence-corrected chi connectivity index (χ4v) is 7.07. The van der Waals surface area contributed by atoms with Gasteiger partial charge in [-0.05, 0) is 88.0 Å². The van der Waals surface area contributed by atoms with Gasteiger partial charge in [-0.1, -0.05) is 128 Å². The lowest BCUT2D eigenvalue weighted by atomic mass is 9.97. The van der Waals surface area contributed by atoms with E-state index in [1.165, 1.54) is 0 Å². The van der Waals surface area contributed by atoms with E-state index in [2.05, 4.69) is 121 Å². The predicted molar refractivity (Wildman–Crippen MR) is 221 cm³/mol. The highest BCUT2D eigenvalue weighted by atomic mass is 15.1. The standard InChI is InChI=1S/C49H34N6/c1-2-46-51-44-22-6-7-23-45(44)55(46)43-21-11-18-40(31-43)39-17-10-20-42(30-39)49-53-47(35-12-4-3-5-13-35)52-48(54-49)41-19-9-16-38(29-41)37-15-8-14-36(28-37)34-26-24-33(32-50)25-27-34/h3-31H,2H2,1H3. The van der Waals surface area contributed by atoms with Crippen molar-refractivity contribution in [3.63, 3.8) is 0 Å². The second-order valence-corrected chi connectivity index (χ2v) is 13.4. The van der Waals surface area contributed by atoms with Crippen LogP contribution in [0, 0.1) is 11.3 Å². The van der Waals surface area contributed by atoms with Crippen LogP contribution in [-0.4, -0.2) is 24.5 Å². The summed E-state index contributed by atoms with van der Waals surface area (Å²) in [6.45, 7) is 2.14. The third kappa shape index (κ3) is 6.67. The fraction of sp³-hybridized carbons (Fsp3) is 0.0408. The summed E-state index contributed by atoms with van der Waals surface area (Å²) in [6, 6.07) is 62.0. The van der Waals surface area contributed by atoms with E-state index in [4.69, 9.17) is 19.9 Å². The molecule has 9 rings (SSSR count). The lowest BCUT2D eigenvalue weighted by Gasteiger charge is -2.12. The Morgan fingerprint density at radius 1 is 0.436 bits per heavy atom. The van der Waals surface area contributed by atoms with E-state index in [0.29, 0.717) is 23.0 Å². The second kappa shape index (κ2) is 14.5. The van der Waals surface area contributed by atoms with Gasteiger partial charge in [-0.25, -0.2) is 19.9 Å². The number of benzene rings is 7. The molecule has 0 bridgehead atoms. The molecule has 0 aliphatic rings.